The van der Waals surface area contributed by atoms with Crippen molar-refractivity contribution in [2.24, 2.45) is 0 Å². The summed E-state index contributed by atoms with van der Waals surface area (Å²) in [6.07, 6.45) is 3.33. The molecule has 4 rings (SSSR count). The zero-order chi connectivity index (χ0) is 20.8. The summed E-state index contributed by atoms with van der Waals surface area (Å²) in [6, 6.07) is 10.1. The summed E-state index contributed by atoms with van der Waals surface area (Å²) < 4.78 is 21.5. The van der Waals surface area contributed by atoms with Crippen LogP contribution < -0.4 is 4.90 Å². The fourth-order valence-corrected chi connectivity index (χ4v) is 3.61. The van der Waals surface area contributed by atoms with E-state index >= 15 is 0 Å². The summed E-state index contributed by atoms with van der Waals surface area (Å²) in [5, 5.41) is 0. The van der Waals surface area contributed by atoms with E-state index in [0.717, 1.165) is 17.1 Å². The minimum Gasteiger partial charge on any atom is -0.455 e. The molecule has 1 aromatic carbocycles. The predicted molar refractivity (Wildman–Crippen MR) is 108 cm³/mol. The summed E-state index contributed by atoms with van der Waals surface area (Å²) in [4.78, 5) is 23.6. The second-order valence-corrected chi connectivity index (χ2v) is 8.11. The number of nitrogens with zero attached hydrogens (tertiary/aromatic N) is 4. The van der Waals surface area contributed by atoms with Crippen LogP contribution in [0.4, 0.5) is 10.1 Å². The topological polar surface area (TPSA) is 60.2 Å². The lowest BCUT2D eigenvalue weighted by Gasteiger charge is -2.38. The largest absolute Gasteiger partial charge is 0.455 e. The Kier molecular flexibility index (Phi) is 4.61. The Balaban J connectivity index is 1.82. The zero-order valence-corrected chi connectivity index (χ0v) is 16.9. The van der Waals surface area contributed by atoms with Gasteiger partial charge in [-0.15, -0.1) is 0 Å². The first-order valence-electron chi connectivity index (χ1n) is 9.51. The first-order valence-corrected chi connectivity index (χ1v) is 9.51. The molecule has 0 saturated carbocycles. The Bertz CT molecular complexity index is 1060. The molecule has 0 spiro atoms. The quantitative estimate of drug-likeness (QED) is 0.615. The van der Waals surface area contributed by atoms with E-state index in [9.17, 15) is 9.18 Å². The van der Waals surface area contributed by atoms with E-state index in [0.29, 0.717) is 12.2 Å². The monoisotopic (exact) mass is 394 g/mol. The Morgan fingerprint density at radius 3 is 2.66 bits per heavy atom. The maximum atomic E-state index is 14.1. The van der Waals surface area contributed by atoms with E-state index in [1.807, 2.05) is 55.4 Å². The van der Waals surface area contributed by atoms with Gasteiger partial charge in [0.1, 0.15) is 17.7 Å². The number of esters is 1. The van der Waals surface area contributed by atoms with Crippen LogP contribution in [-0.2, 0) is 11.3 Å². The van der Waals surface area contributed by atoms with E-state index in [1.54, 1.807) is 18.6 Å². The third-order valence-electron chi connectivity index (χ3n) is 4.82. The third-order valence-corrected chi connectivity index (χ3v) is 4.82. The van der Waals surface area contributed by atoms with Gasteiger partial charge in [-0.2, -0.15) is 0 Å². The fraction of sp³-hybridized carbons (Fsp3) is 0.318. The Morgan fingerprint density at radius 2 is 1.97 bits per heavy atom. The molecule has 29 heavy (non-hydrogen) atoms. The number of aromatic nitrogens is 3. The van der Waals surface area contributed by atoms with Gasteiger partial charge in [0.2, 0.25) is 0 Å². The molecule has 150 valence electrons. The maximum Gasteiger partial charge on any atom is 0.359 e. The first-order chi connectivity index (χ1) is 13.7. The third kappa shape index (κ3) is 3.60. The van der Waals surface area contributed by atoms with E-state index in [4.69, 9.17) is 4.74 Å². The summed E-state index contributed by atoms with van der Waals surface area (Å²) in [5.74, 6) is -0.792. The summed E-state index contributed by atoms with van der Waals surface area (Å²) in [7, 11) is 0. The van der Waals surface area contributed by atoms with Crippen molar-refractivity contribution >= 4 is 11.7 Å². The van der Waals surface area contributed by atoms with Crippen molar-refractivity contribution in [2.45, 2.75) is 45.9 Å². The molecule has 1 atom stereocenters. The summed E-state index contributed by atoms with van der Waals surface area (Å²) >= 11 is 0. The van der Waals surface area contributed by atoms with Gasteiger partial charge in [-0.3, -0.25) is 9.55 Å². The van der Waals surface area contributed by atoms with Crippen molar-refractivity contribution in [1.82, 2.24) is 14.5 Å². The van der Waals surface area contributed by atoms with Gasteiger partial charge in [0.15, 0.2) is 5.69 Å². The van der Waals surface area contributed by atoms with Crippen LogP contribution in [0.1, 0.15) is 55.6 Å². The lowest BCUT2D eigenvalue weighted by atomic mass is 10.0. The number of rotatable bonds is 3. The van der Waals surface area contributed by atoms with Crippen LogP contribution in [0.25, 0.3) is 5.69 Å². The molecule has 6 nitrogen and oxygen atoms in total. The number of hydrogen-bond donors (Lipinski definition) is 0. The highest BCUT2D eigenvalue weighted by Gasteiger charge is 2.35. The number of anilines is 1. The van der Waals surface area contributed by atoms with E-state index < -0.39 is 11.6 Å². The van der Waals surface area contributed by atoms with Gasteiger partial charge < -0.3 is 9.64 Å². The van der Waals surface area contributed by atoms with Crippen LogP contribution in [-0.4, -0.2) is 26.1 Å². The van der Waals surface area contributed by atoms with Crippen LogP contribution >= 0.6 is 0 Å². The van der Waals surface area contributed by atoms with Gasteiger partial charge in [-0.25, -0.2) is 14.2 Å². The molecular weight excluding hydrogens is 371 g/mol. The second kappa shape index (κ2) is 6.99. The molecule has 0 aliphatic carbocycles. The van der Waals surface area contributed by atoms with Crippen molar-refractivity contribution in [3.63, 3.8) is 0 Å². The van der Waals surface area contributed by atoms with Crippen molar-refractivity contribution in [2.75, 3.05) is 4.90 Å². The molecule has 7 heteroatoms. The van der Waals surface area contributed by atoms with Crippen molar-refractivity contribution < 1.29 is 13.9 Å². The molecule has 0 fully saturated rings. The SMILES string of the molecule is CC1c2c(C(=O)OC(C)(C)C)ncn2-c2ccc(F)cc2N1Cc1ccccn1. The lowest BCUT2D eigenvalue weighted by molar-refractivity contribution is 0.00614. The number of ether oxygens (including phenoxy) is 1. The van der Waals surface area contributed by atoms with E-state index in [-0.39, 0.29) is 17.6 Å². The Morgan fingerprint density at radius 1 is 1.17 bits per heavy atom. The summed E-state index contributed by atoms with van der Waals surface area (Å²) in [6.45, 7) is 7.91. The number of hydrogen-bond acceptors (Lipinski definition) is 5. The van der Waals surface area contributed by atoms with Crippen LogP contribution in [0.5, 0.6) is 0 Å². The number of carbonyl (C=O) groups is 1. The summed E-state index contributed by atoms with van der Waals surface area (Å²) in [5.41, 5.74) is 2.70. The molecule has 1 unspecified atom stereocenters. The molecule has 0 radical (unpaired) electrons. The highest BCUT2D eigenvalue weighted by atomic mass is 19.1. The molecule has 0 amide bonds. The first kappa shape index (κ1) is 19.1. The maximum absolute atomic E-state index is 14.1. The molecule has 0 saturated heterocycles. The van der Waals surface area contributed by atoms with Crippen LogP contribution in [0.15, 0.2) is 48.9 Å². The van der Waals surface area contributed by atoms with Crippen molar-refractivity contribution in [3.05, 3.63) is 71.8 Å². The molecule has 0 N–H and O–H groups in total. The van der Waals surface area contributed by atoms with Gasteiger partial charge in [-0.05, 0) is 58.0 Å². The Hall–Kier alpha value is -3.22. The van der Waals surface area contributed by atoms with Gasteiger partial charge in [0.25, 0.3) is 0 Å². The van der Waals surface area contributed by atoms with Gasteiger partial charge >= 0.3 is 5.97 Å². The van der Waals surface area contributed by atoms with Crippen LogP contribution in [0, 0.1) is 5.82 Å². The normalized spacial score (nSPS) is 15.6. The number of carbonyl (C=O) groups excluding carboxylic acids is 1. The van der Waals surface area contributed by atoms with Gasteiger partial charge in [-0.1, -0.05) is 6.07 Å². The lowest BCUT2D eigenvalue weighted by Crippen LogP contribution is -2.34. The standard InChI is InChI=1S/C22H23FN4O2/c1-14-20-19(21(28)29-22(2,3)4)25-13-27(20)17-9-8-15(23)11-18(17)26(14)12-16-7-5-6-10-24-16/h5-11,13-14H,12H2,1-4H3. The minimum absolute atomic E-state index is 0.240. The minimum atomic E-state index is -0.625. The zero-order valence-electron chi connectivity index (χ0n) is 16.9. The van der Waals surface area contributed by atoms with Crippen LogP contribution in [0.2, 0.25) is 0 Å². The average Bonchev–Trinajstić information content (AvgIpc) is 3.10. The van der Waals surface area contributed by atoms with Gasteiger partial charge in [0.05, 0.1) is 35.3 Å². The number of fused-ring (bicyclic) bond motifs is 3. The molecule has 2 aromatic heterocycles. The van der Waals surface area contributed by atoms with Crippen molar-refractivity contribution in [3.8, 4) is 5.69 Å². The average molecular weight is 394 g/mol. The molecular formula is C22H23FN4O2. The highest BCUT2D eigenvalue weighted by Crippen LogP contribution is 2.41. The second-order valence-electron chi connectivity index (χ2n) is 8.11. The molecule has 0 bridgehead atoms. The van der Waals surface area contributed by atoms with Gasteiger partial charge in [0, 0.05) is 6.20 Å². The molecule has 1 aliphatic rings. The molecule has 3 heterocycles. The predicted octanol–water partition coefficient (Wildman–Crippen LogP) is 4.44. The van der Waals surface area contributed by atoms with E-state index in [2.05, 4.69) is 9.97 Å². The molecule has 3 aromatic rings. The van der Waals surface area contributed by atoms with Crippen molar-refractivity contribution in [1.29, 1.82) is 0 Å². The smallest absolute Gasteiger partial charge is 0.359 e. The Labute approximate surface area is 169 Å². The number of imidazole rings is 1. The highest BCUT2D eigenvalue weighted by molar-refractivity contribution is 5.90. The fourth-order valence-electron chi connectivity index (χ4n) is 3.61. The molecule has 1 aliphatic heterocycles. The number of pyridine rings is 1. The number of benzene rings is 1. The number of halogens is 1. The van der Waals surface area contributed by atoms with Crippen LogP contribution in [0.3, 0.4) is 0 Å². The van der Waals surface area contributed by atoms with E-state index in [1.165, 1.54) is 12.1 Å².